The summed E-state index contributed by atoms with van der Waals surface area (Å²) in [5.41, 5.74) is 1.06. The van der Waals surface area contributed by atoms with Crippen molar-refractivity contribution < 1.29 is 14.3 Å². The van der Waals surface area contributed by atoms with Crippen molar-refractivity contribution in [2.24, 2.45) is 0 Å². The molecule has 3 atom stereocenters. The fraction of sp³-hybridized carbons (Fsp3) is 0.562. The van der Waals surface area contributed by atoms with Crippen molar-refractivity contribution >= 4 is 17.6 Å². The van der Waals surface area contributed by atoms with Gasteiger partial charge in [-0.3, -0.25) is 0 Å². The second-order valence-electron chi connectivity index (χ2n) is 5.11. The van der Waals surface area contributed by atoms with Crippen molar-refractivity contribution in [3.05, 3.63) is 35.9 Å². The number of ether oxygens (including phenoxy) is 2. The van der Waals surface area contributed by atoms with E-state index in [9.17, 15) is 4.79 Å². The highest BCUT2D eigenvalue weighted by Crippen LogP contribution is 2.34. The Labute approximate surface area is 125 Å². The average Bonchev–Trinajstić information content (AvgIpc) is 2.47. The van der Waals surface area contributed by atoms with E-state index in [1.54, 1.807) is 0 Å². The summed E-state index contributed by atoms with van der Waals surface area (Å²) in [4.78, 5) is 12.0. The lowest BCUT2D eigenvalue weighted by Crippen LogP contribution is -2.36. The van der Waals surface area contributed by atoms with E-state index in [2.05, 4.69) is 6.92 Å². The molecule has 1 aliphatic heterocycles. The summed E-state index contributed by atoms with van der Waals surface area (Å²) in [6.07, 6.45) is 2.46. The Kier molecular flexibility index (Phi) is 5.86. The van der Waals surface area contributed by atoms with Crippen LogP contribution in [0, 0.1) is 0 Å². The summed E-state index contributed by atoms with van der Waals surface area (Å²) in [6.45, 7) is 2.52. The Balaban J connectivity index is 1.96. The number of hydrogen-bond donors (Lipinski definition) is 0. The number of alkyl halides is 1. The summed E-state index contributed by atoms with van der Waals surface area (Å²) in [5.74, 6) is -0.287. The molecule has 0 aromatic heterocycles. The van der Waals surface area contributed by atoms with Crippen LogP contribution < -0.4 is 0 Å². The first kappa shape index (κ1) is 15.3. The van der Waals surface area contributed by atoms with Crippen molar-refractivity contribution in [2.45, 2.75) is 50.2 Å². The Morgan fingerprint density at radius 3 is 2.80 bits per heavy atom. The third-order valence-corrected chi connectivity index (χ3v) is 3.80. The Morgan fingerprint density at radius 2 is 2.10 bits per heavy atom. The molecule has 0 amide bonds. The lowest BCUT2D eigenvalue weighted by molar-refractivity contribution is -0.166. The summed E-state index contributed by atoms with van der Waals surface area (Å²) in [7, 11) is 0. The molecule has 2 rings (SSSR count). The smallest absolute Gasteiger partial charge is 0.335 e. The Morgan fingerprint density at radius 1 is 1.35 bits per heavy atom. The van der Waals surface area contributed by atoms with Crippen molar-refractivity contribution in [3.8, 4) is 0 Å². The predicted octanol–water partition coefficient (Wildman–Crippen LogP) is 3.86. The molecule has 0 N–H and O–H groups in total. The molecule has 20 heavy (non-hydrogen) atoms. The number of carbonyl (C=O) groups excluding carboxylic acids is 1. The number of esters is 1. The first-order valence-corrected chi connectivity index (χ1v) is 7.65. The minimum Gasteiger partial charge on any atom is -0.464 e. The van der Waals surface area contributed by atoms with Gasteiger partial charge in [0.25, 0.3) is 0 Å². The molecule has 0 radical (unpaired) electrons. The topological polar surface area (TPSA) is 35.5 Å². The predicted molar refractivity (Wildman–Crippen MR) is 78.8 cm³/mol. The summed E-state index contributed by atoms with van der Waals surface area (Å²) < 4.78 is 11.1. The SMILES string of the molecule is CCCCOC(=O)[C@H]1C[C@H](Cl)C[C@H](c2ccccc2)O1. The average molecular weight is 297 g/mol. The van der Waals surface area contributed by atoms with E-state index in [0.29, 0.717) is 13.0 Å². The second-order valence-corrected chi connectivity index (χ2v) is 5.73. The van der Waals surface area contributed by atoms with E-state index >= 15 is 0 Å². The maximum atomic E-state index is 12.0. The minimum atomic E-state index is -0.548. The van der Waals surface area contributed by atoms with E-state index < -0.39 is 6.10 Å². The van der Waals surface area contributed by atoms with Crippen molar-refractivity contribution in [1.82, 2.24) is 0 Å². The quantitative estimate of drug-likeness (QED) is 0.470. The van der Waals surface area contributed by atoms with E-state index in [0.717, 1.165) is 24.8 Å². The molecule has 1 heterocycles. The maximum Gasteiger partial charge on any atom is 0.335 e. The summed E-state index contributed by atoms with van der Waals surface area (Å²) in [5, 5.41) is -0.0577. The molecule has 110 valence electrons. The lowest BCUT2D eigenvalue weighted by atomic mass is 9.98. The van der Waals surface area contributed by atoms with Gasteiger partial charge in [0, 0.05) is 11.8 Å². The Hall–Kier alpha value is -1.06. The summed E-state index contributed by atoms with van der Waals surface area (Å²) >= 11 is 6.27. The van der Waals surface area contributed by atoms with Gasteiger partial charge in [0.15, 0.2) is 6.10 Å². The molecule has 3 nitrogen and oxygen atoms in total. The number of carbonyl (C=O) groups is 1. The molecule has 4 heteroatoms. The van der Waals surface area contributed by atoms with Crippen molar-refractivity contribution in [2.75, 3.05) is 6.61 Å². The third-order valence-electron chi connectivity index (χ3n) is 3.44. The van der Waals surface area contributed by atoms with Gasteiger partial charge in [-0.1, -0.05) is 43.7 Å². The zero-order valence-corrected chi connectivity index (χ0v) is 12.5. The maximum absolute atomic E-state index is 12.0. The van der Waals surface area contributed by atoms with Crippen LogP contribution in [0.5, 0.6) is 0 Å². The molecule has 0 saturated carbocycles. The van der Waals surface area contributed by atoms with Gasteiger partial charge in [-0.2, -0.15) is 0 Å². The molecule has 1 aromatic carbocycles. The minimum absolute atomic E-state index is 0.0577. The van der Waals surface area contributed by atoms with Gasteiger partial charge in [0.1, 0.15) is 0 Å². The van der Waals surface area contributed by atoms with Crippen LogP contribution in [0.3, 0.4) is 0 Å². The van der Waals surface area contributed by atoms with Gasteiger partial charge in [0.05, 0.1) is 12.7 Å². The highest BCUT2D eigenvalue weighted by atomic mass is 35.5. The van der Waals surface area contributed by atoms with E-state index in [4.69, 9.17) is 21.1 Å². The van der Waals surface area contributed by atoms with Gasteiger partial charge in [-0.25, -0.2) is 4.79 Å². The highest BCUT2D eigenvalue weighted by Gasteiger charge is 2.34. The van der Waals surface area contributed by atoms with Gasteiger partial charge < -0.3 is 9.47 Å². The molecule has 1 fully saturated rings. The lowest BCUT2D eigenvalue weighted by Gasteiger charge is -2.31. The molecule has 1 aromatic rings. The van der Waals surface area contributed by atoms with Gasteiger partial charge in [-0.05, 0) is 18.4 Å². The summed E-state index contributed by atoms with van der Waals surface area (Å²) in [6, 6.07) is 9.88. The largest absolute Gasteiger partial charge is 0.464 e. The fourth-order valence-electron chi connectivity index (χ4n) is 2.31. The zero-order chi connectivity index (χ0) is 14.4. The van der Waals surface area contributed by atoms with Gasteiger partial charge in [0.2, 0.25) is 0 Å². The number of unbranched alkanes of at least 4 members (excludes halogenated alkanes) is 1. The first-order chi connectivity index (χ1) is 9.70. The highest BCUT2D eigenvalue weighted by molar-refractivity contribution is 6.20. The number of hydrogen-bond acceptors (Lipinski definition) is 3. The van der Waals surface area contributed by atoms with E-state index in [-0.39, 0.29) is 17.5 Å². The Bertz CT molecular complexity index is 421. The van der Waals surface area contributed by atoms with Crippen LogP contribution in [-0.4, -0.2) is 24.1 Å². The van der Waals surface area contributed by atoms with Gasteiger partial charge >= 0.3 is 5.97 Å². The van der Waals surface area contributed by atoms with E-state index in [1.165, 1.54) is 0 Å². The first-order valence-electron chi connectivity index (χ1n) is 7.21. The van der Waals surface area contributed by atoms with Crippen molar-refractivity contribution in [3.63, 3.8) is 0 Å². The number of benzene rings is 1. The molecular formula is C16H21ClO3. The van der Waals surface area contributed by atoms with Crippen LogP contribution in [0.15, 0.2) is 30.3 Å². The van der Waals surface area contributed by atoms with Gasteiger partial charge in [-0.15, -0.1) is 11.6 Å². The number of halogens is 1. The van der Waals surface area contributed by atoms with Crippen molar-refractivity contribution in [1.29, 1.82) is 0 Å². The molecule has 0 unspecified atom stereocenters. The number of rotatable bonds is 5. The third kappa shape index (κ3) is 4.22. The molecule has 0 aliphatic carbocycles. The molecule has 0 spiro atoms. The molecule has 1 saturated heterocycles. The molecule has 0 bridgehead atoms. The zero-order valence-electron chi connectivity index (χ0n) is 11.8. The van der Waals surface area contributed by atoms with Crippen LogP contribution in [0.1, 0.15) is 44.3 Å². The second kappa shape index (κ2) is 7.65. The van der Waals surface area contributed by atoms with Crippen LogP contribution in [0.2, 0.25) is 0 Å². The standard InChI is InChI=1S/C16H21ClO3/c1-2-3-9-19-16(18)15-11-13(17)10-14(20-15)12-7-5-4-6-8-12/h4-8,13-15H,2-3,9-11H2,1H3/t13-,14-,15-/m1/s1. The monoisotopic (exact) mass is 296 g/mol. The molecular weight excluding hydrogens is 276 g/mol. The molecule has 1 aliphatic rings. The normalized spacial score (nSPS) is 26.2. The van der Waals surface area contributed by atoms with Crippen LogP contribution in [-0.2, 0) is 14.3 Å². The van der Waals surface area contributed by atoms with Crippen LogP contribution >= 0.6 is 11.6 Å². The fourth-order valence-corrected chi connectivity index (χ4v) is 2.64. The van der Waals surface area contributed by atoms with Crippen LogP contribution in [0.25, 0.3) is 0 Å². The van der Waals surface area contributed by atoms with Crippen LogP contribution in [0.4, 0.5) is 0 Å². The van der Waals surface area contributed by atoms with E-state index in [1.807, 2.05) is 30.3 Å².